The van der Waals surface area contributed by atoms with Gasteiger partial charge >= 0.3 is 5.97 Å². The second kappa shape index (κ2) is 2.57. The fourth-order valence-corrected chi connectivity index (χ4v) is 0.966. The fraction of sp³-hybridized carbons (Fsp3) is 0. The largest absolute Gasteiger partial charge is 0.475 e. The summed E-state index contributed by atoms with van der Waals surface area (Å²) in [6, 6.07) is 0. The van der Waals surface area contributed by atoms with Crippen LogP contribution in [0, 0.1) is 0 Å². The number of carboxylic acids is 1. The highest BCUT2D eigenvalue weighted by molar-refractivity contribution is 7.07. The van der Waals surface area contributed by atoms with Crippen molar-refractivity contribution < 1.29 is 14.7 Å². The Morgan fingerprint density at radius 1 is 1.60 bits per heavy atom. The highest BCUT2D eigenvalue weighted by atomic mass is 32.1. The molecule has 1 aromatic rings. The number of rotatable bonds is 2. The minimum absolute atomic E-state index is 0.00231. The maximum absolute atomic E-state index is 10.6. The second-order valence-corrected chi connectivity index (χ2v) is 2.23. The predicted octanol–water partition coefficient (Wildman–Crippen LogP) is 0.410. The van der Waals surface area contributed by atoms with Crippen molar-refractivity contribution in [1.29, 1.82) is 0 Å². The molecule has 0 radical (unpaired) electrons. The summed E-state index contributed by atoms with van der Waals surface area (Å²) in [6.45, 7) is 0. The first kappa shape index (κ1) is 6.88. The third kappa shape index (κ3) is 1.19. The highest BCUT2D eigenvalue weighted by Gasteiger charge is 2.15. The van der Waals surface area contributed by atoms with E-state index in [1.54, 1.807) is 0 Å². The van der Waals surface area contributed by atoms with Gasteiger partial charge in [0, 0.05) is 5.38 Å². The lowest BCUT2D eigenvalue weighted by Gasteiger charge is -1.84. The van der Waals surface area contributed by atoms with Gasteiger partial charge in [-0.25, -0.2) is 9.78 Å². The zero-order valence-corrected chi connectivity index (χ0v) is 5.59. The molecule has 52 valence electrons. The zero-order chi connectivity index (χ0) is 7.56. The van der Waals surface area contributed by atoms with Gasteiger partial charge in [-0.2, -0.15) is 0 Å². The van der Waals surface area contributed by atoms with Gasteiger partial charge < -0.3 is 5.11 Å². The van der Waals surface area contributed by atoms with Gasteiger partial charge in [0.15, 0.2) is 0 Å². The third-order valence-electron chi connectivity index (χ3n) is 0.859. The molecule has 0 saturated heterocycles. The lowest BCUT2D eigenvalue weighted by atomic mass is 10.3. The first-order valence-corrected chi connectivity index (χ1v) is 3.32. The molecule has 0 saturated carbocycles. The van der Waals surface area contributed by atoms with E-state index in [0.717, 1.165) is 0 Å². The summed E-state index contributed by atoms with van der Waals surface area (Å²) in [6.07, 6.45) is 0. The maximum Gasteiger partial charge on any atom is 0.378 e. The molecule has 0 amide bonds. The van der Waals surface area contributed by atoms with Gasteiger partial charge in [0.05, 0.1) is 5.51 Å². The number of carboxylic acid groups (broad SMARTS) is 1. The van der Waals surface area contributed by atoms with Crippen LogP contribution in [0.15, 0.2) is 10.9 Å². The van der Waals surface area contributed by atoms with Crippen LogP contribution in [0.3, 0.4) is 0 Å². The summed E-state index contributed by atoms with van der Waals surface area (Å²) in [7, 11) is 0. The Hall–Kier alpha value is -1.23. The van der Waals surface area contributed by atoms with Gasteiger partial charge in [0.25, 0.3) is 5.78 Å². The number of hydrogen-bond donors (Lipinski definition) is 1. The Morgan fingerprint density at radius 3 is 2.70 bits per heavy atom. The van der Waals surface area contributed by atoms with Crippen LogP contribution in [0.1, 0.15) is 10.5 Å². The van der Waals surface area contributed by atoms with Gasteiger partial charge in [0.2, 0.25) is 0 Å². The van der Waals surface area contributed by atoms with Crippen LogP contribution in [0.2, 0.25) is 0 Å². The van der Waals surface area contributed by atoms with E-state index < -0.39 is 11.8 Å². The summed E-state index contributed by atoms with van der Waals surface area (Å²) in [5.41, 5.74) is 1.41. The van der Waals surface area contributed by atoms with Crippen LogP contribution in [-0.2, 0) is 4.79 Å². The number of thiazole rings is 1. The van der Waals surface area contributed by atoms with Crippen LogP contribution in [0.25, 0.3) is 0 Å². The molecule has 0 unspecified atom stereocenters. The topological polar surface area (TPSA) is 67.3 Å². The predicted molar refractivity (Wildman–Crippen MR) is 34.1 cm³/mol. The molecule has 0 aliphatic rings. The van der Waals surface area contributed by atoms with Crippen molar-refractivity contribution in [2.75, 3.05) is 0 Å². The van der Waals surface area contributed by atoms with E-state index in [1.165, 1.54) is 22.2 Å². The monoisotopic (exact) mass is 157 g/mol. The van der Waals surface area contributed by atoms with Crippen molar-refractivity contribution in [3.63, 3.8) is 0 Å². The molecular weight excluding hydrogens is 154 g/mol. The molecule has 10 heavy (non-hydrogen) atoms. The molecule has 4 nitrogen and oxygen atoms in total. The van der Waals surface area contributed by atoms with Crippen LogP contribution in [-0.4, -0.2) is 21.8 Å². The summed E-state index contributed by atoms with van der Waals surface area (Å²) >= 11 is 1.19. The number of carbonyl (C=O) groups is 2. The summed E-state index contributed by atoms with van der Waals surface area (Å²) in [5, 5.41) is 9.57. The number of nitrogens with zero attached hydrogens (tertiary/aromatic N) is 1. The SMILES string of the molecule is O=C(O)C(=O)c1cscn1. The first-order chi connectivity index (χ1) is 4.72. The Balaban J connectivity index is 2.88. The Labute approximate surface area is 60.1 Å². The van der Waals surface area contributed by atoms with Crippen molar-refractivity contribution in [3.05, 3.63) is 16.6 Å². The van der Waals surface area contributed by atoms with Crippen molar-refractivity contribution >= 4 is 23.1 Å². The lowest BCUT2D eigenvalue weighted by molar-refractivity contribution is -0.131. The lowest BCUT2D eigenvalue weighted by Crippen LogP contribution is -2.12. The van der Waals surface area contributed by atoms with Crippen molar-refractivity contribution in [2.45, 2.75) is 0 Å². The van der Waals surface area contributed by atoms with Gasteiger partial charge in [-0.15, -0.1) is 11.3 Å². The molecule has 0 spiro atoms. The third-order valence-corrected chi connectivity index (χ3v) is 1.45. The maximum atomic E-state index is 10.6. The zero-order valence-electron chi connectivity index (χ0n) is 4.77. The summed E-state index contributed by atoms with van der Waals surface area (Å²) in [4.78, 5) is 24.1. The van der Waals surface area contributed by atoms with Gasteiger partial charge in [-0.1, -0.05) is 0 Å². The molecule has 0 aromatic carbocycles. The van der Waals surface area contributed by atoms with Crippen molar-refractivity contribution in [2.24, 2.45) is 0 Å². The Kier molecular flexibility index (Phi) is 1.77. The van der Waals surface area contributed by atoms with E-state index in [2.05, 4.69) is 4.98 Å². The number of hydrogen-bond acceptors (Lipinski definition) is 4. The summed E-state index contributed by atoms with van der Waals surface area (Å²) < 4.78 is 0. The van der Waals surface area contributed by atoms with E-state index in [-0.39, 0.29) is 5.69 Å². The van der Waals surface area contributed by atoms with Crippen LogP contribution >= 0.6 is 11.3 Å². The van der Waals surface area contributed by atoms with Crippen molar-refractivity contribution in [1.82, 2.24) is 4.98 Å². The van der Waals surface area contributed by atoms with Gasteiger partial charge in [-0.05, 0) is 0 Å². The van der Waals surface area contributed by atoms with Crippen LogP contribution < -0.4 is 0 Å². The standard InChI is InChI=1S/C5H3NO3S/c7-4(5(8)9)3-1-10-2-6-3/h1-2H,(H,8,9). The van der Waals surface area contributed by atoms with E-state index >= 15 is 0 Å². The highest BCUT2D eigenvalue weighted by Crippen LogP contribution is 2.01. The van der Waals surface area contributed by atoms with Gasteiger partial charge in [0.1, 0.15) is 5.69 Å². The van der Waals surface area contributed by atoms with E-state index in [9.17, 15) is 9.59 Å². The van der Waals surface area contributed by atoms with E-state index in [4.69, 9.17) is 5.11 Å². The van der Waals surface area contributed by atoms with Gasteiger partial charge in [-0.3, -0.25) is 4.79 Å². The first-order valence-electron chi connectivity index (χ1n) is 2.37. The number of Topliss-reactive ketones (excluding diaryl/α,β-unsaturated/α-hetero) is 1. The number of aromatic nitrogens is 1. The molecule has 1 aromatic heterocycles. The molecule has 0 bridgehead atoms. The van der Waals surface area contributed by atoms with Crippen LogP contribution in [0.4, 0.5) is 0 Å². The molecule has 1 N–H and O–H groups in total. The second-order valence-electron chi connectivity index (χ2n) is 1.51. The molecule has 0 fully saturated rings. The number of aliphatic carboxylic acids is 1. The molecule has 0 aliphatic heterocycles. The van der Waals surface area contributed by atoms with E-state index in [1.807, 2.05) is 0 Å². The average Bonchev–Trinajstić information content (AvgIpc) is 2.36. The molecule has 0 atom stereocenters. The minimum atomic E-state index is -1.47. The normalized spacial score (nSPS) is 9.20. The summed E-state index contributed by atoms with van der Waals surface area (Å²) in [5.74, 6) is -2.42. The number of ketones is 1. The molecule has 1 heterocycles. The average molecular weight is 157 g/mol. The Morgan fingerprint density at radius 2 is 2.30 bits per heavy atom. The Bertz CT molecular complexity index is 254. The molecule has 5 heteroatoms. The smallest absolute Gasteiger partial charge is 0.378 e. The van der Waals surface area contributed by atoms with Crippen LogP contribution in [0.5, 0.6) is 0 Å². The van der Waals surface area contributed by atoms with Crippen molar-refractivity contribution in [3.8, 4) is 0 Å². The molecular formula is C5H3NO3S. The minimum Gasteiger partial charge on any atom is -0.475 e. The fourth-order valence-electron chi connectivity index (χ4n) is 0.434. The molecule has 0 aliphatic carbocycles. The number of carbonyl (C=O) groups excluding carboxylic acids is 1. The van der Waals surface area contributed by atoms with E-state index in [0.29, 0.717) is 0 Å². The molecule has 1 rings (SSSR count). The quantitative estimate of drug-likeness (QED) is 0.498.